The van der Waals surface area contributed by atoms with Crippen molar-refractivity contribution in [1.29, 1.82) is 0 Å². The molecule has 176 valence electrons. The predicted octanol–water partition coefficient (Wildman–Crippen LogP) is 9.24. The zero-order valence-corrected chi connectivity index (χ0v) is 22.3. The monoisotopic (exact) mass is 476 g/mol. The van der Waals surface area contributed by atoms with Crippen molar-refractivity contribution in [2.24, 2.45) is 10.8 Å². The molecular weight excluding hydrogens is 444 g/mol. The molecule has 1 aromatic heterocycles. The van der Waals surface area contributed by atoms with E-state index in [1.54, 1.807) is 6.33 Å². The van der Waals surface area contributed by atoms with Crippen LogP contribution in [0.3, 0.4) is 0 Å². The molecule has 0 N–H and O–H groups in total. The van der Waals surface area contributed by atoms with Gasteiger partial charge in [0.1, 0.15) is 6.33 Å². The highest BCUT2D eigenvalue weighted by atomic mass is 32.2. The maximum atomic E-state index is 4.89. The third-order valence-corrected chi connectivity index (χ3v) is 8.03. The molecule has 0 atom stereocenters. The molecule has 2 heterocycles. The molecule has 2 nitrogen and oxygen atoms in total. The molecule has 0 spiro atoms. The zero-order chi connectivity index (χ0) is 24.5. The average molecular weight is 477 g/mol. The van der Waals surface area contributed by atoms with E-state index in [0.29, 0.717) is 0 Å². The summed E-state index contributed by atoms with van der Waals surface area (Å²) in [5.74, 6) is 0. The lowest BCUT2D eigenvalue weighted by molar-refractivity contribution is 0.410. The SMILES string of the molecule is CC(C)(C)Cc1c2c(cc3ccccc13)-c1ncnc3c1c(cc1c(CC(C)(C)C)cccc13)S2. The van der Waals surface area contributed by atoms with E-state index in [1.807, 2.05) is 11.8 Å². The van der Waals surface area contributed by atoms with Crippen LogP contribution in [0.4, 0.5) is 0 Å². The van der Waals surface area contributed by atoms with Crippen LogP contribution in [0.25, 0.3) is 43.7 Å². The van der Waals surface area contributed by atoms with Gasteiger partial charge >= 0.3 is 0 Å². The van der Waals surface area contributed by atoms with Gasteiger partial charge in [-0.05, 0) is 63.1 Å². The first-order valence-corrected chi connectivity index (χ1v) is 13.3. The summed E-state index contributed by atoms with van der Waals surface area (Å²) in [4.78, 5) is 12.4. The minimum Gasteiger partial charge on any atom is -0.236 e. The maximum Gasteiger partial charge on any atom is 0.116 e. The summed E-state index contributed by atoms with van der Waals surface area (Å²) in [6, 6.07) is 20.3. The Morgan fingerprint density at radius 1 is 0.743 bits per heavy atom. The summed E-state index contributed by atoms with van der Waals surface area (Å²) in [6.45, 7) is 13.9. The van der Waals surface area contributed by atoms with Crippen molar-refractivity contribution in [2.45, 2.75) is 64.2 Å². The smallest absolute Gasteiger partial charge is 0.116 e. The first kappa shape index (κ1) is 22.5. The van der Waals surface area contributed by atoms with Crippen molar-refractivity contribution in [3.05, 3.63) is 72.1 Å². The van der Waals surface area contributed by atoms with Crippen LogP contribution in [0.2, 0.25) is 0 Å². The average Bonchev–Trinajstić information content (AvgIpc) is 2.78. The van der Waals surface area contributed by atoms with Gasteiger partial charge in [-0.1, -0.05) is 95.8 Å². The van der Waals surface area contributed by atoms with E-state index in [2.05, 4.69) is 96.1 Å². The molecule has 1 aliphatic rings. The molecule has 0 radical (unpaired) electrons. The number of rotatable bonds is 2. The zero-order valence-electron chi connectivity index (χ0n) is 21.5. The largest absolute Gasteiger partial charge is 0.236 e. The summed E-state index contributed by atoms with van der Waals surface area (Å²) in [7, 11) is 0. The van der Waals surface area contributed by atoms with Crippen LogP contribution in [0.5, 0.6) is 0 Å². The second kappa shape index (κ2) is 7.80. The van der Waals surface area contributed by atoms with Gasteiger partial charge in [-0.3, -0.25) is 0 Å². The number of aromatic nitrogens is 2. The van der Waals surface area contributed by atoms with Gasteiger partial charge in [-0.2, -0.15) is 0 Å². The van der Waals surface area contributed by atoms with Gasteiger partial charge < -0.3 is 0 Å². The van der Waals surface area contributed by atoms with E-state index < -0.39 is 0 Å². The van der Waals surface area contributed by atoms with E-state index in [4.69, 9.17) is 9.97 Å². The fourth-order valence-electron chi connectivity index (χ4n) is 5.54. The first-order chi connectivity index (χ1) is 16.6. The minimum atomic E-state index is 0.184. The van der Waals surface area contributed by atoms with Gasteiger partial charge in [0.25, 0.3) is 0 Å². The quantitative estimate of drug-likeness (QED) is 0.233. The third kappa shape index (κ3) is 3.90. The lowest BCUT2D eigenvalue weighted by Crippen LogP contribution is -2.12. The fraction of sp³-hybridized carbons (Fsp3) is 0.312. The molecule has 0 unspecified atom stereocenters. The molecule has 6 rings (SSSR count). The summed E-state index contributed by atoms with van der Waals surface area (Å²) >= 11 is 1.92. The molecule has 0 fully saturated rings. The molecule has 5 aromatic rings. The van der Waals surface area contributed by atoms with Crippen molar-refractivity contribution < 1.29 is 0 Å². The third-order valence-electron chi connectivity index (χ3n) is 6.82. The van der Waals surface area contributed by atoms with E-state index in [-0.39, 0.29) is 10.8 Å². The number of fused-ring (bicyclic) bond motifs is 5. The number of benzene rings is 4. The Balaban J connectivity index is 1.69. The molecule has 4 aromatic carbocycles. The molecule has 35 heavy (non-hydrogen) atoms. The maximum absolute atomic E-state index is 4.89. The van der Waals surface area contributed by atoms with Crippen LogP contribution >= 0.6 is 11.8 Å². The highest BCUT2D eigenvalue weighted by molar-refractivity contribution is 8.00. The molecule has 0 aliphatic carbocycles. The molecule has 1 aliphatic heterocycles. The van der Waals surface area contributed by atoms with Gasteiger partial charge in [0.05, 0.1) is 11.2 Å². The Morgan fingerprint density at radius 2 is 1.49 bits per heavy atom. The van der Waals surface area contributed by atoms with Crippen LogP contribution in [-0.4, -0.2) is 9.97 Å². The lowest BCUT2D eigenvalue weighted by atomic mass is 9.84. The van der Waals surface area contributed by atoms with Gasteiger partial charge in [0.2, 0.25) is 0 Å². The molecular formula is C32H32N2S. The summed E-state index contributed by atoms with van der Waals surface area (Å²) < 4.78 is 0. The van der Waals surface area contributed by atoms with Crippen LogP contribution in [0.1, 0.15) is 52.7 Å². The first-order valence-electron chi connectivity index (χ1n) is 12.5. The van der Waals surface area contributed by atoms with E-state index >= 15 is 0 Å². The second-order valence-electron chi connectivity index (χ2n) is 12.4. The van der Waals surface area contributed by atoms with Crippen molar-refractivity contribution in [1.82, 2.24) is 9.97 Å². The van der Waals surface area contributed by atoms with Gasteiger partial charge in [0.15, 0.2) is 0 Å². The lowest BCUT2D eigenvalue weighted by Gasteiger charge is -2.27. The Morgan fingerprint density at radius 3 is 2.26 bits per heavy atom. The van der Waals surface area contributed by atoms with Gasteiger partial charge in [-0.15, -0.1) is 0 Å². The summed E-state index contributed by atoms with van der Waals surface area (Å²) in [5, 5.41) is 6.39. The normalized spacial score (nSPS) is 13.5. The Hall–Kier alpha value is -2.91. The van der Waals surface area contributed by atoms with E-state index in [9.17, 15) is 0 Å². The highest BCUT2D eigenvalue weighted by Gasteiger charge is 2.28. The standard InChI is InChI=1S/C32H32N2S/c1-31(2,3)16-20-11-9-13-22-23(20)15-26-27-28(22)33-18-34-29(27)24-14-19-10-7-8-12-21(19)25(30(24)35-26)17-32(4,5)6/h7-15,18H,16-17H2,1-6H3. The van der Waals surface area contributed by atoms with Crippen molar-refractivity contribution in [2.75, 3.05) is 0 Å². The van der Waals surface area contributed by atoms with Crippen molar-refractivity contribution in [3.63, 3.8) is 0 Å². The summed E-state index contributed by atoms with van der Waals surface area (Å²) in [6.07, 6.45) is 3.82. The van der Waals surface area contributed by atoms with Gasteiger partial charge in [0, 0.05) is 26.1 Å². The fourth-order valence-corrected chi connectivity index (χ4v) is 6.80. The topological polar surface area (TPSA) is 25.8 Å². The van der Waals surface area contributed by atoms with Crippen molar-refractivity contribution >= 4 is 44.2 Å². The van der Waals surface area contributed by atoms with E-state index in [1.165, 1.54) is 53.4 Å². The van der Waals surface area contributed by atoms with Crippen LogP contribution in [0.15, 0.2) is 70.7 Å². The minimum absolute atomic E-state index is 0.184. The highest BCUT2D eigenvalue weighted by Crippen LogP contribution is 2.52. The van der Waals surface area contributed by atoms with Crippen LogP contribution in [-0.2, 0) is 12.8 Å². The molecule has 0 saturated carbocycles. The summed E-state index contributed by atoms with van der Waals surface area (Å²) in [5.41, 5.74) is 6.63. The second-order valence-corrected chi connectivity index (χ2v) is 13.4. The van der Waals surface area contributed by atoms with Gasteiger partial charge in [-0.25, -0.2) is 9.97 Å². The molecule has 0 bridgehead atoms. The van der Waals surface area contributed by atoms with E-state index in [0.717, 1.165) is 24.1 Å². The van der Waals surface area contributed by atoms with Crippen LogP contribution < -0.4 is 0 Å². The molecule has 3 heteroatoms. The number of hydrogen-bond acceptors (Lipinski definition) is 3. The predicted molar refractivity (Wildman–Crippen MR) is 150 cm³/mol. The number of nitrogens with zero attached hydrogens (tertiary/aromatic N) is 2. The molecule has 0 saturated heterocycles. The molecule has 0 amide bonds. The Labute approximate surface area is 212 Å². The Bertz CT molecular complexity index is 1630. The Kier molecular flexibility index (Phi) is 5.02. The van der Waals surface area contributed by atoms with Crippen LogP contribution in [0, 0.1) is 10.8 Å². The number of hydrogen-bond donors (Lipinski definition) is 0. The van der Waals surface area contributed by atoms with Crippen molar-refractivity contribution in [3.8, 4) is 11.3 Å².